The molecule has 2 heteroatoms. The van der Waals surface area contributed by atoms with Gasteiger partial charge in [-0.3, -0.25) is 0 Å². The van der Waals surface area contributed by atoms with E-state index in [0.717, 1.165) is 26.2 Å². The Balaban J connectivity index is 1.21. The van der Waals surface area contributed by atoms with Crippen molar-refractivity contribution < 1.29 is 0 Å². The zero-order chi connectivity index (χ0) is 34.4. The molecule has 254 valence electrons. The van der Waals surface area contributed by atoms with Gasteiger partial charge in [0.15, 0.2) is 0 Å². The Bertz CT molecular complexity index is 2570. The molecule has 2 aliphatic heterocycles. The first-order valence-electron chi connectivity index (χ1n) is 19.4. The molecule has 0 saturated carbocycles. The molecular weight excluding hydrogens is 629 g/mol. The van der Waals surface area contributed by atoms with Crippen LogP contribution in [0, 0.1) is 0 Å². The van der Waals surface area contributed by atoms with E-state index in [1.165, 1.54) is 126 Å². The van der Waals surface area contributed by atoms with Gasteiger partial charge in [0.25, 0.3) is 0 Å². The number of nitrogens with zero attached hydrogens (tertiary/aromatic N) is 2. The van der Waals surface area contributed by atoms with Gasteiger partial charge in [-0.25, -0.2) is 0 Å². The van der Waals surface area contributed by atoms with Crippen molar-refractivity contribution in [1.82, 2.24) is 0 Å². The average Bonchev–Trinajstić information content (AvgIpc) is 3.23. The zero-order valence-corrected chi connectivity index (χ0v) is 29.8. The molecule has 8 aromatic carbocycles. The van der Waals surface area contributed by atoms with Gasteiger partial charge < -0.3 is 9.80 Å². The van der Waals surface area contributed by atoms with Gasteiger partial charge in [0.2, 0.25) is 0 Å². The Labute approximate surface area is 306 Å². The number of fused-ring (bicyclic) bond motifs is 5. The molecule has 52 heavy (non-hydrogen) atoms. The van der Waals surface area contributed by atoms with Crippen molar-refractivity contribution in [3.8, 4) is 33.4 Å². The van der Waals surface area contributed by atoms with Crippen LogP contribution in [0.25, 0.3) is 76.5 Å². The molecule has 10 rings (SSSR count). The van der Waals surface area contributed by atoms with Crippen LogP contribution in [-0.2, 0) is 0 Å². The van der Waals surface area contributed by atoms with Gasteiger partial charge in [0, 0.05) is 37.6 Å². The van der Waals surface area contributed by atoms with Crippen molar-refractivity contribution in [3.05, 3.63) is 146 Å². The summed E-state index contributed by atoms with van der Waals surface area (Å²) in [5.74, 6) is 0. The summed E-state index contributed by atoms with van der Waals surface area (Å²) in [5.41, 5.74) is 10.5. The molecule has 0 N–H and O–H groups in total. The molecule has 8 aromatic rings. The molecule has 0 aliphatic carbocycles. The van der Waals surface area contributed by atoms with Crippen molar-refractivity contribution in [2.45, 2.75) is 38.5 Å². The lowest BCUT2D eigenvalue weighted by Gasteiger charge is -2.30. The lowest BCUT2D eigenvalue weighted by atomic mass is 9.85. The maximum Gasteiger partial charge on any atom is 0.0372 e. The first-order chi connectivity index (χ1) is 25.8. The first kappa shape index (κ1) is 31.2. The van der Waals surface area contributed by atoms with Crippen LogP contribution >= 0.6 is 0 Å². The predicted molar refractivity (Wildman–Crippen MR) is 225 cm³/mol. The minimum absolute atomic E-state index is 1.13. The van der Waals surface area contributed by atoms with E-state index >= 15 is 0 Å². The Kier molecular flexibility index (Phi) is 7.90. The molecule has 2 heterocycles. The number of hydrogen-bond donors (Lipinski definition) is 0. The molecule has 2 aliphatic rings. The number of anilines is 2. The van der Waals surface area contributed by atoms with Gasteiger partial charge >= 0.3 is 0 Å². The van der Waals surface area contributed by atoms with Crippen LogP contribution in [-0.4, -0.2) is 26.2 Å². The quantitative estimate of drug-likeness (QED) is 0.133. The van der Waals surface area contributed by atoms with Crippen molar-refractivity contribution in [2.24, 2.45) is 0 Å². The number of piperidine rings is 2. The Morgan fingerprint density at radius 1 is 0.308 bits per heavy atom. The Hall–Kier alpha value is -5.60. The van der Waals surface area contributed by atoms with Crippen LogP contribution in [0.15, 0.2) is 146 Å². The van der Waals surface area contributed by atoms with E-state index in [2.05, 4.69) is 155 Å². The lowest BCUT2D eigenvalue weighted by molar-refractivity contribution is 0.578. The highest BCUT2D eigenvalue weighted by Gasteiger charge is 2.21. The van der Waals surface area contributed by atoms with Crippen molar-refractivity contribution in [1.29, 1.82) is 0 Å². The molecule has 0 bridgehead atoms. The second-order valence-corrected chi connectivity index (χ2v) is 14.9. The molecular formula is C50H44N2. The molecule has 0 amide bonds. The summed E-state index contributed by atoms with van der Waals surface area (Å²) in [5, 5.41) is 10.5. The predicted octanol–water partition coefficient (Wildman–Crippen LogP) is 13.3. The van der Waals surface area contributed by atoms with E-state index in [0.29, 0.717) is 0 Å². The smallest absolute Gasteiger partial charge is 0.0372 e. The van der Waals surface area contributed by atoms with E-state index in [-0.39, 0.29) is 0 Å². The van der Waals surface area contributed by atoms with Crippen LogP contribution in [0.2, 0.25) is 0 Å². The number of benzene rings is 8. The highest BCUT2D eigenvalue weighted by molar-refractivity contribution is 6.22. The molecule has 2 saturated heterocycles. The normalized spacial score (nSPS) is 15.2. The molecule has 0 atom stereocenters. The maximum absolute atomic E-state index is 2.60. The molecule has 0 radical (unpaired) electrons. The summed E-state index contributed by atoms with van der Waals surface area (Å²) in [6.07, 6.45) is 7.73. The van der Waals surface area contributed by atoms with Gasteiger partial charge in [0.1, 0.15) is 0 Å². The minimum Gasteiger partial charge on any atom is -0.372 e. The third kappa shape index (κ3) is 5.40. The summed E-state index contributed by atoms with van der Waals surface area (Å²) in [6, 6.07) is 55.2. The second kappa shape index (κ2) is 13.2. The van der Waals surface area contributed by atoms with Gasteiger partial charge in [-0.2, -0.15) is 0 Å². The zero-order valence-electron chi connectivity index (χ0n) is 29.8. The summed E-state index contributed by atoms with van der Waals surface area (Å²) >= 11 is 0. The van der Waals surface area contributed by atoms with Gasteiger partial charge in [-0.1, -0.05) is 115 Å². The van der Waals surface area contributed by atoms with Gasteiger partial charge in [-0.15, -0.1) is 0 Å². The minimum atomic E-state index is 1.13. The number of hydrogen-bond acceptors (Lipinski definition) is 2. The largest absolute Gasteiger partial charge is 0.372 e. The van der Waals surface area contributed by atoms with E-state index in [9.17, 15) is 0 Å². The maximum atomic E-state index is 2.60. The first-order valence-corrected chi connectivity index (χ1v) is 19.4. The molecule has 0 unspecified atom stereocenters. The summed E-state index contributed by atoms with van der Waals surface area (Å²) in [6.45, 7) is 4.54. The van der Waals surface area contributed by atoms with E-state index < -0.39 is 0 Å². The van der Waals surface area contributed by atoms with E-state index in [4.69, 9.17) is 0 Å². The standard InChI is InChI=1S/C50H44N2/c1-4-14-36(15-5-1)49-44-26-24-40(52-30-12-3-13-31-52)34-48(44)50(45-27-25-39(33-47(45)49)51-28-10-2-11-29-51)37-22-20-35(21-23-37)46-32-38-16-6-7-17-41(38)42-18-8-9-19-43(42)46/h1,4-9,14-27,32-34H,2-3,10-13,28-31H2. The SMILES string of the molecule is c1ccc(-c2c3ccc(N4CCCCC4)cc3c(-c3ccc(-c4cc5ccccc5c5ccccc45)cc3)c3ccc(N4CCCCC4)cc23)cc1. The highest BCUT2D eigenvalue weighted by Crippen LogP contribution is 2.46. The van der Waals surface area contributed by atoms with E-state index in [1.54, 1.807) is 0 Å². The third-order valence-corrected chi connectivity index (χ3v) is 11.8. The monoisotopic (exact) mass is 672 g/mol. The summed E-state index contributed by atoms with van der Waals surface area (Å²) < 4.78 is 0. The fraction of sp³-hybridized carbons (Fsp3) is 0.200. The van der Waals surface area contributed by atoms with E-state index in [1.807, 2.05) is 0 Å². The van der Waals surface area contributed by atoms with Gasteiger partial charge in [-0.05, 0) is 145 Å². The number of rotatable bonds is 5. The average molecular weight is 673 g/mol. The second-order valence-electron chi connectivity index (χ2n) is 14.9. The van der Waals surface area contributed by atoms with Crippen LogP contribution < -0.4 is 9.80 Å². The fourth-order valence-electron chi connectivity index (χ4n) is 9.24. The fourth-order valence-corrected chi connectivity index (χ4v) is 9.24. The lowest BCUT2D eigenvalue weighted by Crippen LogP contribution is -2.29. The van der Waals surface area contributed by atoms with Crippen LogP contribution in [0.4, 0.5) is 11.4 Å². The Morgan fingerprint density at radius 2 is 0.788 bits per heavy atom. The van der Waals surface area contributed by atoms with Gasteiger partial charge in [0.05, 0.1) is 0 Å². The van der Waals surface area contributed by atoms with Crippen LogP contribution in [0.5, 0.6) is 0 Å². The molecule has 0 aromatic heterocycles. The summed E-state index contributed by atoms with van der Waals surface area (Å²) in [4.78, 5) is 5.20. The molecule has 0 spiro atoms. The summed E-state index contributed by atoms with van der Waals surface area (Å²) in [7, 11) is 0. The Morgan fingerprint density at radius 3 is 1.38 bits per heavy atom. The van der Waals surface area contributed by atoms with Crippen molar-refractivity contribution >= 4 is 54.5 Å². The van der Waals surface area contributed by atoms with Crippen LogP contribution in [0.1, 0.15) is 38.5 Å². The topological polar surface area (TPSA) is 6.48 Å². The van der Waals surface area contributed by atoms with Crippen molar-refractivity contribution in [2.75, 3.05) is 36.0 Å². The molecule has 2 nitrogen and oxygen atoms in total. The van der Waals surface area contributed by atoms with Crippen LogP contribution in [0.3, 0.4) is 0 Å². The molecule has 2 fully saturated rings. The highest BCUT2D eigenvalue weighted by atomic mass is 15.1. The van der Waals surface area contributed by atoms with Crippen molar-refractivity contribution in [3.63, 3.8) is 0 Å². The third-order valence-electron chi connectivity index (χ3n) is 11.8.